The second-order valence-electron chi connectivity index (χ2n) is 4.54. The molecule has 0 spiro atoms. The first-order valence-corrected chi connectivity index (χ1v) is 5.21. The summed E-state index contributed by atoms with van der Waals surface area (Å²) in [5.41, 5.74) is -3.18. The van der Waals surface area contributed by atoms with Crippen LogP contribution in [0.1, 0.15) is 19.4 Å². The van der Waals surface area contributed by atoms with Gasteiger partial charge in [0.1, 0.15) is 6.61 Å². The van der Waals surface area contributed by atoms with Crippen molar-refractivity contribution in [1.29, 1.82) is 0 Å². The number of hydrogen-bond donors (Lipinski definition) is 1. The van der Waals surface area contributed by atoms with Gasteiger partial charge in [-0.15, -0.1) is 0 Å². The Labute approximate surface area is 106 Å². The lowest BCUT2D eigenvalue weighted by Crippen LogP contribution is -2.28. The summed E-state index contributed by atoms with van der Waals surface area (Å²) in [6.45, 7) is 2.53. The number of halogens is 3. The van der Waals surface area contributed by atoms with E-state index in [1.807, 2.05) is 0 Å². The molecule has 0 unspecified atom stereocenters. The number of alkyl halides is 3. The summed E-state index contributed by atoms with van der Waals surface area (Å²) in [5, 5.41) is 20.1. The first-order valence-electron chi connectivity index (χ1n) is 5.21. The monoisotopic (exact) mass is 279 g/mol. The predicted molar refractivity (Wildman–Crippen MR) is 59.9 cm³/mol. The van der Waals surface area contributed by atoms with E-state index in [1.165, 1.54) is 13.8 Å². The van der Waals surface area contributed by atoms with Crippen LogP contribution in [0.3, 0.4) is 0 Å². The third kappa shape index (κ3) is 4.40. The molecule has 1 N–H and O–H groups in total. The summed E-state index contributed by atoms with van der Waals surface area (Å²) in [6.07, 6.45) is -4.67. The standard InChI is InChI=1S/C11H12F3NO4/c1-10(2,16)6-19-9-4-3-7(11(12,13)14)5-8(9)15(17)18/h3-5,16H,6H2,1-2H3. The van der Waals surface area contributed by atoms with E-state index in [0.29, 0.717) is 12.1 Å². The van der Waals surface area contributed by atoms with Crippen molar-refractivity contribution in [3.63, 3.8) is 0 Å². The molecular weight excluding hydrogens is 267 g/mol. The highest BCUT2D eigenvalue weighted by Crippen LogP contribution is 2.36. The van der Waals surface area contributed by atoms with Gasteiger partial charge < -0.3 is 9.84 Å². The first kappa shape index (κ1) is 15.2. The number of hydrogen-bond acceptors (Lipinski definition) is 4. The molecule has 0 heterocycles. The molecule has 0 aromatic heterocycles. The van der Waals surface area contributed by atoms with Crippen molar-refractivity contribution < 1.29 is 27.9 Å². The average Bonchev–Trinajstić information content (AvgIpc) is 2.23. The van der Waals surface area contributed by atoms with Gasteiger partial charge in [0, 0.05) is 6.07 Å². The SMILES string of the molecule is CC(C)(O)COc1ccc(C(F)(F)F)cc1[N+](=O)[O-]. The topological polar surface area (TPSA) is 72.6 Å². The van der Waals surface area contributed by atoms with Crippen molar-refractivity contribution in [1.82, 2.24) is 0 Å². The third-order valence-electron chi connectivity index (χ3n) is 2.06. The van der Waals surface area contributed by atoms with Gasteiger partial charge in [0.25, 0.3) is 0 Å². The van der Waals surface area contributed by atoms with Crippen LogP contribution in [0.2, 0.25) is 0 Å². The highest BCUT2D eigenvalue weighted by Gasteiger charge is 2.33. The smallest absolute Gasteiger partial charge is 0.416 e. The van der Waals surface area contributed by atoms with Crippen molar-refractivity contribution in [2.24, 2.45) is 0 Å². The van der Waals surface area contributed by atoms with Crippen molar-refractivity contribution in [3.05, 3.63) is 33.9 Å². The van der Waals surface area contributed by atoms with Crippen LogP contribution in [0.25, 0.3) is 0 Å². The van der Waals surface area contributed by atoms with Crippen molar-refractivity contribution in [2.75, 3.05) is 6.61 Å². The van der Waals surface area contributed by atoms with E-state index in [1.54, 1.807) is 0 Å². The van der Waals surface area contributed by atoms with Gasteiger partial charge in [-0.2, -0.15) is 13.2 Å². The van der Waals surface area contributed by atoms with E-state index in [2.05, 4.69) is 0 Å². The van der Waals surface area contributed by atoms with E-state index in [9.17, 15) is 28.4 Å². The molecule has 0 saturated carbocycles. The quantitative estimate of drug-likeness (QED) is 0.679. The molecule has 0 aliphatic rings. The fourth-order valence-corrected chi connectivity index (χ4v) is 1.21. The zero-order chi connectivity index (χ0) is 14.8. The summed E-state index contributed by atoms with van der Waals surface area (Å²) >= 11 is 0. The lowest BCUT2D eigenvalue weighted by atomic mass is 10.1. The van der Waals surface area contributed by atoms with Gasteiger partial charge in [-0.25, -0.2) is 0 Å². The summed E-state index contributed by atoms with van der Waals surface area (Å²) in [6, 6.07) is 1.96. The van der Waals surface area contributed by atoms with Gasteiger partial charge in [0.05, 0.1) is 16.1 Å². The Kier molecular flexibility index (Phi) is 4.04. The van der Waals surface area contributed by atoms with E-state index in [4.69, 9.17) is 4.74 Å². The molecule has 1 aromatic rings. The second-order valence-corrected chi connectivity index (χ2v) is 4.54. The molecule has 1 aromatic carbocycles. The van der Waals surface area contributed by atoms with Crippen molar-refractivity contribution >= 4 is 5.69 Å². The fourth-order valence-electron chi connectivity index (χ4n) is 1.21. The highest BCUT2D eigenvalue weighted by atomic mass is 19.4. The molecule has 0 radical (unpaired) electrons. The molecule has 5 nitrogen and oxygen atoms in total. The normalized spacial score (nSPS) is 12.3. The highest BCUT2D eigenvalue weighted by molar-refractivity contribution is 5.49. The maximum Gasteiger partial charge on any atom is 0.416 e. The molecule has 0 amide bonds. The maximum atomic E-state index is 12.4. The zero-order valence-electron chi connectivity index (χ0n) is 10.2. The molecule has 0 atom stereocenters. The summed E-state index contributed by atoms with van der Waals surface area (Å²) in [4.78, 5) is 9.76. The number of rotatable bonds is 4. The minimum atomic E-state index is -4.67. The van der Waals surface area contributed by atoms with Crippen molar-refractivity contribution in [3.8, 4) is 5.75 Å². The Morgan fingerprint density at radius 2 is 1.95 bits per heavy atom. The number of nitro benzene ring substituents is 1. The zero-order valence-corrected chi connectivity index (χ0v) is 10.2. The van der Waals surface area contributed by atoms with Crippen LogP contribution in [0.4, 0.5) is 18.9 Å². The second kappa shape index (κ2) is 5.04. The average molecular weight is 279 g/mol. The Hall–Kier alpha value is -1.83. The Balaban J connectivity index is 3.09. The predicted octanol–water partition coefficient (Wildman–Crippen LogP) is 2.76. The van der Waals surface area contributed by atoms with Gasteiger partial charge in [0.15, 0.2) is 5.75 Å². The molecule has 1 rings (SSSR count). The van der Waals surface area contributed by atoms with E-state index in [-0.39, 0.29) is 12.4 Å². The molecule has 0 saturated heterocycles. The number of nitrogens with zero attached hydrogens (tertiary/aromatic N) is 1. The minimum Gasteiger partial charge on any atom is -0.484 e. The van der Waals surface area contributed by atoms with Gasteiger partial charge in [-0.3, -0.25) is 10.1 Å². The molecule has 19 heavy (non-hydrogen) atoms. The minimum absolute atomic E-state index is 0.279. The van der Waals surface area contributed by atoms with E-state index in [0.717, 1.165) is 6.07 Å². The van der Waals surface area contributed by atoms with Gasteiger partial charge >= 0.3 is 11.9 Å². The van der Waals surface area contributed by atoms with Crippen LogP contribution in [-0.4, -0.2) is 22.2 Å². The van der Waals surface area contributed by atoms with Crippen molar-refractivity contribution in [2.45, 2.75) is 25.6 Å². The van der Waals surface area contributed by atoms with Crippen LogP contribution >= 0.6 is 0 Å². The lowest BCUT2D eigenvalue weighted by Gasteiger charge is -2.18. The third-order valence-corrected chi connectivity index (χ3v) is 2.06. The fraction of sp³-hybridized carbons (Fsp3) is 0.455. The van der Waals surface area contributed by atoms with Gasteiger partial charge in [0.2, 0.25) is 0 Å². The molecule has 8 heteroatoms. The molecular formula is C11H12F3NO4. The lowest BCUT2D eigenvalue weighted by molar-refractivity contribution is -0.386. The number of ether oxygens (including phenoxy) is 1. The van der Waals surface area contributed by atoms with Gasteiger partial charge in [-0.05, 0) is 26.0 Å². The number of benzene rings is 1. The summed E-state index contributed by atoms with van der Waals surface area (Å²) in [5.74, 6) is -0.319. The van der Waals surface area contributed by atoms with Crippen LogP contribution < -0.4 is 4.74 Å². The van der Waals surface area contributed by atoms with E-state index >= 15 is 0 Å². The Morgan fingerprint density at radius 3 is 2.37 bits per heavy atom. The molecule has 0 fully saturated rings. The molecule has 106 valence electrons. The van der Waals surface area contributed by atoms with E-state index < -0.39 is 28.0 Å². The van der Waals surface area contributed by atoms with Crippen LogP contribution in [-0.2, 0) is 6.18 Å². The number of aliphatic hydroxyl groups is 1. The van der Waals surface area contributed by atoms with Crippen LogP contribution in [0.5, 0.6) is 5.75 Å². The molecule has 0 aliphatic heterocycles. The van der Waals surface area contributed by atoms with Crippen LogP contribution in [0, 0.1) is 10.1 Å². The van der Waals surface area contributed by atoms with Gasteiger partial charge in [-0.1, -0.05) is 0 Å². The molecule has 0 bridgehead atoms. The summed E-state index contributed by atoms with van der Waals surface area (Å²) < 4.78 is 42.3. The number of nitro groups is 1. The van der Waals surface area contributed by atoms with Crippen LogP contribution in [0.15, 0.2) is 18.2 Å². The summed E-state index contributed by atoms with van der Waals surface area (Å²) in [7, 11) is 0. The Bertz CT molecular complexity index is 480. The molecule has 0 aliphatic carbocycles. The largest absolute Gasteiger partial charge is 0.484 e. The Morgan fingerprint density at radius 1 is 1.37 bits per heavy atom. The first-order chi connectivity index (χ1) is 8.50. The maximum absolute atomic E-state index is 12.4.